The van der Waals surface area contributed by atoms with Gasteiger partial charge in [0.1, 0.15) is 24.9 Å². The molecular formula is C35H65N3O11. The van der Waals surface area contributed by atoms with Crippen LogP contribution in [0.2, 0.25) is 0 Å². The van der Waals surface area contributed by atoms with Gasteiger partial charge in [-0.2, -0.15) is 0 Å². The van der Waals surface area contributed by atoms with Crippen LogP contribution in [0.25, 0.3) is 0 Å². The number of amides is 3. The summed E-state index contributed by atoms with van der Waals surface area (Å²) >= 11 is 0. The minimum Gasteiger partial charge on any atom is -0.480 e. The maximum Gasteiger partial charge on any atom is 0.329 e. The highest BCUT2D eigenvalue weighted by molar-refractivity contribution is 5.85. The molecule has 0 aromatic heterocycles. The summed E-state index contributed by atoms with van der Waals surface area (Å²) in [5, 5.41) is 16.6. The molecule has 286 valence electrons. The fourth-order valence-electron chi connectivity index (χ4n) is 4.54. The lowest BCUT2D eigenvalue weighted by molar-refractivity contribution is -0.159. The zero-order valence-electron chi connectivity index (χ0n) is 30.6. The predicted molar refractivity (Wildman–Crippen MR) is 185 cm³/mol. The summed E-state index contributed by atoms with van der Waals surface area (Å²) in [5.41, 5.74) is -0.721. The first-order valence-corrected chi connectivity index (χ1v) is 18.0. The van der Waals surface area contributed by atoms with Gasteiger partial charge in [0, 0.05) is 25.9 Å². The molecule has 49 heavy (non-hydrogen) atoms. The van der Waals surface area contributed by atoms with Crippen molar-refractivity contribution in [3.8, 4) is 0 Å². The summed E-state index contributed by atoms with van der Waals surface area (Å²) in [6.45, 7) is 8.80. The number of hydrogen-bond acceptors (Lipinski definition) is 10. The van der Waals surface area contributed by atoms with Crippen molar-refractivity contribution in [3.63, 3.8) is 0 Å². The highest BCUT2D eigenvalue weighted by Gasteiger charge is 2.27. The van der Waals surface area contributed by atoms with E-state index in [4.69, 9.17) is 28.8 Å². The monoisotopic (exact) mass is 703 g/mol. The number of carbonyl (C=O) groups is 5. The second-order valence-electron chi connectivity index (χ2n) is 12.9. The molecule has 0 aliphatic carbocycles. The molecule has 14 nitrogen and oxygen atoms in total. The molecule has 0 rings (SSSR count). The van der Waals surface area contributed by atoms with Crippen molar-refractivity contribution in [2.45, 2.75) is 129 Å². The molecule has 0 aliphatic rings. The van der Waals surface area contributed by atoms with E-state index in [1.165, 1.54) is 51.4 Å². The Kier molecular flexibility index (Phi) is 29.4. The van der Waals surface area contributed by atoms with Crippen LogP contribution in [0.15, 0.2) is 0 Å². The molecular weight excluding hydrogens is 638 g/mol. The van der Waals surface area contributed by atoms with E-state index in [0.717, 1.165) is 19.3 Å². The van der Waals surface area contributed by atoms with Gasteiger partial charge in [0.05, 0.1) is 39.6 Å². The molecule has 0 saturated heterocycles. The number of ether oxygens (including phenoxy) is 5. The molecule has 0 aromatic rings. The molecule has 0 saturated carbocycles. The Morgan fingerprint density at radius 2 is 1.08 bits per heavy atom. The smallest absolute Gasteiger partial charge is 0.329 e. The van der Waals surface area contributed by atoms with Gasteiger partial charge in [0.2, 0.25) is 17.7 Å². The Bertz CT molecular complexity index is 897. The summed E-state index contributed by atoms with van der Waals surface area (Å²) < 4.78 is 26.2. The third-order valence-corrected chi connectivity index (χ3v) is 7.03. The number of carboxylic acid groups (broad SMARTS) is 1. The lowest BCUT2D eigenvalue weighted by Crippen LogP contribution is -2.44. The summed E-state index contributed by atoms with van der Waals surface area (Å²) in [5.74, 6) is -2.41. The lowest BCUT2D eigenvalue weighted by Gasteiger charge is -2.24. The minimum absolute atomic E-state index is 0.0321. The Hall–Kier alpha value is -2.81. The highest BCUT2D eigenvalue weighted by Crippen LogP contribution is 2.13. The van der Waals surface area contributed by atoms with Crippen LogP contribution in [-0.4, -0.2) is 112 Å². The van der Waals surface area contributed by atoms with Gasteiger partial charge in [-0.25, -0.2) is 9.59 Å². The maximum atomic E-state index is 12.8. The second kappa shape index (κ2) is 31.2. The molecule has 1 atom stereocenters. The van der Waals surface area contributed by atoms with Gasteiger partial charge in [-0.15, -0.1) is 0 Å². The minimum atomic E-state index is -1.05. The fraction of sp³-hybridized carbons (Fsp3) is 0.857. The van der Waals surface area contributed by atoms with Crippen LogP contribution in [0.3, 0.4) is 0 Å². The van der Waals surface area contributed by atoms with Gasteiger partial charge in [-0.05, 0) is 33.6 Å². The van der Waals surface area contributed by atoms with Crippen molar-refractivity contribution < 1.29 is 52.8 Å². The maximum absolute atomic E-state index is 12.8. The van der Waals surface area contributed by atoms with Gasteiger partial charge in [-0.3, -0.25) is 14.4 Å². The molecule has 0 bridgehead atoms. The van der Waals surface area contributed by atoms with Gasteiger partial charge < -0.3 is 44.7 Å². The summed E-state index contributed by atoms with van der Waals surface area (Å²) in [7, 11) is 0. The molecule has 0 aliphatic heterocycles. The first kappa shape index (κ1) is 46.2. The third-order valence-electron chi connectivity index (χ3n) is 7.03. The Morgan fingerprint density at radius 1 is 0.592 bits per heavy atom. The first-order chi connectivity index (χ1) is 23.4. The SMILES string of the molecule is CCCCCCCCCCCCCC(=O)N[C@@H](CCC(=O)NCCOCCOCC(=O)NCCOCCOCC(=O)O)C(=O)OC(C)(C)C. The van der Waals surface area contributed by atoms with E-state index in [9.17, 15) is 24.0 Å². The molecule has 0 spiro atoms. The van der Waals surface area contributed by atoms with E-state index in [2.05, 4.69) is 22.9 Å². The second-order valence-corrected chi connectivity index (χ2v) is 12.9. The average Bonchev–Trinajstić information content (AvgIpc) is 3.03. The van der Waals surface area contributed by atoms with Gasteiger partial charge in [0.15, 0.2) is 0 Å². The molecule has 4 N–H and O–H groups in total. The van der Waals surface area contributed by atoms with Gasteiger partial charge >= 0.3 is 11.9 Å². The predicted octanol–water partition coefficient (Wildman–Crippen LogP) is 3.68. The summed E-state index contributed by atoms with van der Waals surface area (Å²) in [6.07, 6.45) is 13.5. The van der Waals surface area contributed by atoms with Crippen LogP contribution < -0.4 is 16.0 Å². The van der Waals surface area contributed by atoms with Crippen molar-refractivity contribution in [3.05, 3.63) is 0 Å². The Morgan fingerprint density at radius 3 is 1.61 bits per heavy atom. The molecule has 14 heteroatoms. The number of hydrogen-bond donors (Lipinski definition) is 4. The van der Waals surface area contributed by atoms with Crippen molar-refractivity contribution in [2.75, 3.05) is 65.9 Å². The fourth-order valence-corrected chi connectivity index (χ4v) is 4.54. The Balaban J connectivity index is 4.07. The summed E-state index contributed by atoms with van der Waals surface area (Å²) in [6, 6.07) is -0.909. The number of aliphatic carboxylic acids is 1. The number of unbranched alkanes of at least 4 members (excludes halogenated alkanes) is 10. The number of esters is 1. The van der Waals surface area contributed by atoms with E-state index < -0.39 is 23.6 Å². The number of carbonyl (C=O) groups excluding carboxylic acids is 4. The van der Waals surface area contributed by atoms with E-state index in [1.807, 2.05) is 0 Å². The lowest BCUT2D eigenvalue weighted by atomic mass is 10.0. The quantitative estimate of drug-likeness (QED) is 0.0577. The van der Waals surface area contributed by atoms with Crippen molar-refractivity contribution in [1.82, 2.24) is 16.0 Å². The number of rotatable bonds is 33. The zero-order valence-corrected chi connectivity index (χ0v) is 30.6. The number of nitrogens with one attached hydrogen (secondary N) is 3. The normalized spacial score (nSPS) is 11.9. The van der Waals surface area contributed by atoms with Crippen LogP contribution in [0.5, 0.6) is 0 Å². The van der Waals surface area contributed by atoms with Gasteiger partial charge in [0.25, 0.3) is 0 Å². The standard InChI is InChI=1S/C35H65N3O11/c1-5-6-7-8-9-10-11-12-13-14-15-16-31(40)38-29(34(44)49-35(2,3)4)17-18-30(39)36-19-21-45-23-25-47-27-32(41)37-20-22-46-24-26-48-28-33(42)43/h29H,5-28H2,1-4H3,(H,36,39)(H,37,41)(H,38,40)(H,42,43)/t29-/m0/s1. The largest absolute Gasteiger partial charge is 0.480 e. The molecule has 0 fully saturated rings. The van der Waals surface area contributed by atoms with Crippen molar-refractivity contribution in [1.29, 1.82) is 0 Å². The first-order valence-electron chi connectivity index (χ1n) is 18.0. The van der Waals surface area contributed by atoms with E-state index >= 15 is 0 Å². The Labute approximate surface area is 293 Å². The van der Waals surface area contributed by atoms with E-state index in [-0.39, 0.29) is 96.5 Å². The third kappa shape index (κ3) is 33.5. The highest BCUT2D eigenvalue weighted by atomic mass is 16.6. The van der Waals surface area contributed by atoms with E-state index in [0.29, 0.717) is 6.42 Å². The van der Waals surface area contributed by atoms with Crippen molar-refractivity contribution >= 4 is 29.7 Å². The zero-order chi connectivity index (χ0) is 36.6. The van der Waals surface area contributed by atoms with Crippen LogP contribution in [-0.2, 0) is 47.7 Å². The molecule has 0 unspecified atom stereocenters. The topological polar surface area (TPSA) is 188 Å². The number of carboxylic acids is 1. The summed E-state index contributed by atoms with van der Waals surface area (Å²) in [4.78, 5) is 59.8. The molecule has 0 radical (unpaired) electrons. The van der Waals surface area contributed by atoms with Crippen LogP contribution in [0.1, 0.15) is 118 Å². The van der Waals surface area contributed by atoms with Crippen molar-refractivity contribution in [2.24, 2.45) is 0 Å². The average molecular weight is 704 g/mol. The van der Waals surface area contributed by atoms with Crippen LogP contribution in [0, 0.1) is 0 Å². The van der Waals surface area contributed by atoms with E-state index in [1.54, 1.807) is 20.8 Å². The molecule has 0 heterocycles. The molecule has 0 aromatic carbocycles. The molecule has 3 amide bonds. The van der Waals surface area contributed by atoms with Crippen LogP contribution >= 0.6 is 0 Å². The van der Waals surface area contributed by atoms with Crippen LogP contribution in [0.4, 0.5) is 0 Å². The van der Waals surface area contributed by atoms with Gasteiger partial charge in [-0.1, -0.05) is 71.1 Å².